The van der Waals surface area contributed by atoms with Crippen LogP contribution in [0.15, 0.2) is 73.7 Å². The number of H-pyrrole nitrogens is 1. The molecule has 9 heteroatoms. The van der Waals surface area contributed by atoms with Crippen LogP contribution < -0.4 is 10.6 Å². The van der Waals surface area contributed by atoms with Crippen molar-refractivity contribution in [3.63, 3.8) is 0 Å². The first-order valence-electron chi connectivity index (χ1n) is 11.2. The van der Waals surface area contributed by atoms with Gasteiger partial charge in [-0.25, -0.2) is 14.6 Å². The Hall–Kier alpha value is -4.40. The molecule has 1 aromatic heterocycles. The first-order valence-corrected chi connectivity index (χ1v) is 11.2. The molecule has 1 heterocycles. The molecule has 4 rings (SSSR count). The predicted octanol–water partition coefficient (Wildman–Crippen LogP) is 3.00. The fraction of sp³-hybridized carbons (Fsp3) is 0.231. The molecular weight excluding hydrogens is 448 g/mol. The van der Waals surface area contributed by atoms with Crippen LogP contribution in [0.2, 0.25) is 0 Å². The number of hydrogen-bond acceptors (Lipinski definition) is 5. The molecule has 1 aliphatic carbocycles. The van der Waals surface area contributed by atoms with E-state index >= 15 is 0 Å². The first-order chi connectivity index (χ1) is 17.0. The number of carboxylic acids is 1. The summed E-state index contributed by atoms with van der Waals surface area (Å²) in [5.74, 6) is -1.97. The summed E-state index contributed by atoms with van der Waals surface area (Å²) in [5, 5.41) is 14.5. The highest BCUT2D eigenvalue weighted by Crippen LogP contribution is 2.44. The van der Waals surface area contributed by atoms with E-state index in [1.807, 2.05) is 48.5 Å². The van der Waals surface area contributed by atoms with Gasteiger partial charge in [0, 0.05) is 24.2 Å². The van der Waals surface area contributed by atoms with Crippen molar-refractivity contribution >= 4 is 18.0 Å². The van der Waals surface area contributed by atoms with E-state index in [9.17, 15) is 19.5 Å². The largest absolute Gasteiger partial charge is 0.480 e. The lowest BCUT2D eigenvalue weighted by atomic mass is 9.98. The molecule has 2 amide bonds. The fourth-order valence-corrected chi connectivity index (χ4v) is 4.27. The topological polar surface area (TPSA) is 133 Å². The molecule has 35 heavy (non-hydrogen) atoms. The van der Waals surface area contributed by atoms with Crippen molar-refractivity contribution in [3.05, 3.63) is 90.5 Å². The Morgan fingerprint density at radius 3 is 2.29 bits per heavy atom. The van der Waals surface area contributed by atoms with Gasteiger partial charge in [-0.2, -0.15) is 0 Å². The zero-order chi connectivity index (χ0) is 24.8. The number of carboxylic acid groups (broad SMARTS) is 1. The maximum absolute atomic E-state index is 12.8. The molecule has 4 N–H and O–H groups in total. The minimum atomic E-state index is -1.20. The van der Waals surface area contributed by atoms with Crippen LogP contribution in [-0.2, 0) is 20.7 Å². The number of carbonyl (C=O) groups excluding carboxylic acids is 2. The summed E-state index contributed by atoms with van der Waals surface area (Å²) >= 11 is 0. The highest BCUT2D eigenvalue weighted by Gasteiger charge is 2.30. The van der Waals surface area contributed by atoms with Crippen LogP contribution in [0.5, 0.6) is 0 Å². The molecule has 3 aromatic rings. The number of benzene rings is 2. The number of nitrogens with zero attached hydrogens (tertiary/aromatic N) is 1. The molecular formula is C26H26N4O5. The molecule has 180 valence electrons. The third kappa shape index (κ3) is 5.40. The lowest BCUT2D eigenvalue weighted by Gasteiger charge is -2.21. The number of carbonyl (C=O) groups is 3. The minimum absolute atomic E-state index is 0.0207. The van der Waals surface area contributed by atoms with Crippen molar-refractivity contribution in [1.82, 2.24) is 20.6 Å². The van der Waals surface area contributed by atoms with Crippen molar-refractivity contribution in [2.24, 2.45) is 0 Å². The normalized spacial score (nSPS) is 13.7. The molecule has 0 bridgehead atoms. The van der Waals surface area contributed by atoms with Gasteiger partial charge < -0.3 is 25.5 Å². The summed E-state index contributed by atoms with van der Waals surface area (Å²) < 4.78 is 5.51. The van der Waals surface area contributed by atoms with Gasteiger partial charge in [0.2, 0.25) is 5.91 Å². The molecule has 0 saturated heterocycles. The number of aliphatic carboxylic acids is 1. The van der Waals surface area contributed by atoms with Crippen LogP contribution in [0.3, 0.4) is 0 Å². The lowest BCUT2D eigenvalue weighted by molar-refractivity contribution is -0.142. The third-order valence-electron chi connectivity index (χ3n) is 5.95. The second-order valence-electron chi connectivity index (χ2n) is 8.23. The van der Waals surface area contributed by atoms with Gasteiger partial charge >= 0.3 is 12.1 Å². The number of alkyl carbamates (subject to hydrolysis) is 1. The second kappa shape index (κ2) is 10.7. The number of aromatic amines is 1. The SMILES string of the molecule is C=CCC(NC(=O)OCC1c2ccccc2-c2ccccc21)C(=O)NC(Cc1cnc[nH]1)C(=O)O. The average Bonchev–Trinajstić information content (AvgIpc) is 3.48. The number of nitrogens with one attached hydrogen (secondary N) is 3. The van der Waals surface area contributed by atoms with Gasteiger partial charge in [-0.1, -0.05) is 54.6 Å². The fourth-order valence-electron chi connectivity index (χ4n) is 4.27. The van der Waals surface area contributed by atoms with Crippen molar-refractivity contribution in [2.75, 3.05) is 6.61 Å². The Morgan fingerprint density at radius 1 is 1.06 bits per heavy atom. The van der Waals surface area contributed by atoms with E-state index in [2.05, 4.69) is 27.2 Å². The van der Waals surface area contributed by atoms with E-state index in [1.165, 1.54) is 18.6 Å². The average molecular weight is 475 g/mol. The van der Waals surface area contributed by atoms with Crippen LogP contribution in [0, 0.1) is 0 Å². The monoisotopic (exact) mass is 474 g/mol. The van der Waals surface area contributed by atoms with Crippen molar-refractivity contribution in [2.45, 2.75) is 30.8 Å². The molecule has 0 aliphatic heterocycles. The van der Waals surface area contributed by atoms with Gasteiger partial charge in [0.15, 0.2) is 0 Å². The maximum Gasteiger partial charge on any atom is 0.407 e. The lowest BCUT2D eigenvalue weighted by Crippen LogP contribution is -2.52. The summed E-state index contributed by atoms with van der Waals surface area (Å²) in [6, 6.07) is 13.7. The molecule has 9 nitrogen and oxygen atoms in total. The zero-order valence-corrected chi connectivity index (χ0v) is 18.9. The highest BCUT2D eigenvalue weighted by molar-refractivity contribution is 5.89. The van der Waals surface area contributed by atoms with E-state index in [-0.39, 0.29) is 25.4 Å². The number of hydrogen-bond donors (Lipinski definition) is 4. The molecule has 0 radical (unpaired) electrons. The zero-order valence-electron chi connectivity index (χ0n) is 18.9. The number of aromatic nitrogens is 2. The maximum atomic E-state index is 12.8. The summed E-state index contributed by atoms with van der Waals surface area (Å²) in [6.45, 7) is 3.72. The standard InChI is InChI=1S/C26H26N4O5/c1-2-7-22(24(31)29-23(25(32)33)12-16-13-27-15-28-16)30-26(34)35-14-21-19-10-5-3-8-17(19)18-9-4-6-11-20(18)21/h2-6,8-11,13,15,21-23H,1,7,12,14H2,(H,27,28)(H,29,31)(H,30,34)(H,32,33). The number of amides is 2. The molecule has 0 spiro atoms. The van der Waals surface area contributed by atoms with Gasteiger partial charge in [0.05, 0.1) is 6.33 Å². The molecule has 0 fully saturated rings. The van der Waals surface area contributed by atoms with Crippen molar-refractivity contribution < 1.29 is 24.2 Å². The molecule has 2 aromatic carbocycles. The van der Waals surface area contributed by atoms with Gasteiger partial charge in [-0.3, -0.25) is 4.79 Å². The van der Waals surface area contributed by atoms with E-state index in [1.54, 1.807) is 0 Å². The van der Waals surface area contributed by atoms with Crippen LogP contribution >= 0.6 is 0 Å². The third-order valence-corrected chi connectivity index (χ3v) is 5.95. The van der Waals surface area contributed by atoms with Crippen LogP contribution in [0.25, 0.3) is 11.1 Å². The molecule has 0 saturated carbocycles. The number of fused-ring (bicyclic) bond motifs is 3. The number of rotatable bonds is 10. The van der Waals surface area contributed by atoms with Gasteiger partial charge in [-0.15, -0.1) is 6.58 Å². The summed E-state index contributed by atoms with van der Waals surface area (Å²) in [4.78, 5) is 43.7. The Kier molecular flexibility index (Phi) is 7.25. The van der Waals surface area contributed by atoms with E-state index in [4.69, 9.17) is 4.74 Å². The van der Waals surface area contributed by atoms with E-state index in [0.29, 0.717) is 5.69 Å². The van der Waals surface area contributed by atoms with Crippen LogP contribution in [0.1, 0.15) is 29.2 Å². The Bertz CT molecular complexity index is 1180. The smallest absolute Gasteiger partial charge is 0.407 e. The Balaban J connectivity index is 1.39. The Labute approximate surface area is 202 Å². The number of imidazole rings is 1. The van der Waals surface area contributed by atoms with Gasteiger partial charge in [0.1, 0.15) is 18.7 Å². The molecule has 2 unspecified atom stereocenters. The Morgan fingerprint density at radius 2 is 1.71 bits per heavy atom. The second-order valence-corrected chi connectivity index (χ2v) is 8.23. The first kappa shape index (κ1) is 23.7. The van der Waals surface area contributed by atoms with E-state index < -0.39 is 30.1 Å². The summed E-state index contributed by atoms with van der Waals surface area (Å²) in [5.41, 5.74) is 4.92. The molecule has 1 aliphatic rings. The van der Waals surface area contributed by atoms with E-state index in [0.717, 1.165) is 22.3 Å². The predicted molar refractivity (Wildman–Crippen MR) is 129 cm³/mol. The summed E-state index contributed by atoms with van der Waals surface area (Å²) in [7, 11) is 0. The van der Waals surface area contributed by atoms with Crippen LogP contribution in [0.4, 0.5) is 4.79 Å². The number of ether oxygens (including phenoxy) is 1. The van der Waals surface area contributed by atoms with Crippen LogP contribution in [-0.4, -0.2) is 51.7 Å². The van der Waals surface area contributed by atoms with Gasteiger partial charge in [-0.05, 0) is 28.7 Å². The van der Waals surface area contributed by atoms with Crippen molar-refractivity contribution in [1.29, 1.82) is 0 Å². The quantitative estimate of drug-likeness (QED) is 0.334. The molecule has 2 atom stereocenters. The van der Waals surface area contributed by atoms with Crippen molar-refractivity contribution in [3.8, 4) is 11.1 Å². The summed E-state index contributed by atoms with van der Waals surface area (Å²) in [6.07, 6.45) is 3.74. The van der Waals surface area contributed by atoms with Gasteiger partial charge in [0.25, 0.3) is 0 Å². The minimum Gasteiger partial charge on any atom is -0.480 e. The highest BCUT2D eigenvalue weighted by atomic mass is 16.5.